The van der Waals surface area contributed by atoms with E-state index in [4.69, 9.17) is 42.1 Å². The second kappa shape index (κ2) is 38.6. The number of amides is 2. The van der Waals surface area contributed by atoms with Crippen molar-refractivity contribution in [1.82, 2.24) is 54.0 Å². The molecule has 1 saturated carbocycles. The van der Waals surface area contributed by atoms with E-state index in [0.29, 0.717) is 85.0 Å². The monoisotopic (exact) mass is 1880 g/mol. The number of hydrogen-bond donors (Lipinski definition) is 4. The molecule has 11 aromatic rings. The van der Waals surface area contributed by atoms with Gasteiger partial charge >= 0.3 is 0 Å². The Kier molecular flexibility index (Phi) is 26.6. The Morgan fingerprint density at radius 1 is 0.556 bits per heavy atom. The van der Waals surface area contributed by atoms with Crippen molar-refractivity contribution in [3.05, 3.63) is 263 Å². The number of aromatic nitrogens is 5. The van der Waals surface area contributed by atoms with Crippen LogP contribution in [0.2, 0.25) is 10.0 Å². The van der Waals surface area contributed by atoms with Crippen molar-refractivity contribution in [2.45, 2.75) is 134 Å². The van der Waals surface area contributed by atoms with Gasteiger partial charge in [0.2, 0.25) is 0 Å². The minimum absolute atomic E-state index is 0.0000351. The lowest BCUT2D eigenvalue weighted by Gasteiger charge is -2.47. The maximum atomic E-state index is 14.2. The summed E-state index contributed by atoms with van der Waals surface area (Å²) in [5.41, 5.74) is 12.2. The highest BCUT2D eigenvalue weighted by molar-refractivity contribution is 7.90. The Labute approximate surface area is 783 Å². The number of H-pyrrole nitrogens is 2. The number of nitrogens with one attached hydrogen (secondary N) is 4. The van der Waals surface area contributed by atoms with E-state index in [1.165, 1.54) is 83.3 Å². The largest absolute Gasteiger partial charge is 0.493 e. The molecule has 3 aliphatic carbocycles. The fourth-order valence-corrected chi connectivity index (χ4v) is 22.4. The van der Waals surface area contributed by atoms with Gasteiger partial charge in [0.15, 0.2) is 0 Å². The summed E-state index contributed by atoms with van der Waals surface area (Å²) in [6, 6.07) is 45.0. The van der Waals surface area contributed by atoms with Crippen molar-refractivity contribution in [2.24, 2.45) is 22.7 Å². The van der Waals surface area contributed by atoms with E-state index in [9.17, 15) is 46.7 Å². The average Bonchev–Trinajstić information content (AvgIpc) is 0.808. The third-order valence-electron chi connectivity index (χ3n) is 27.4. The zero-order chi connectivity index (χ0) is 92.6. The average molecular weight is 1880 g/mol. The van der Waals surface area contributed by atoms with Crippen molar-refractivity contribution < 1.29 is 55.2 Å². The number of fused-ring (bicyclic) bond motifs is 4. The molecule has 133 heavy (non-hydrogen) atoms. The van der Waals surface area contributed by atoms with Crippen LogP contribution >= 0.6 is 23.2 Å². The molecule has 5 aliphatic heterocycles. The number of benzene rings is 6. The zero-order valence-electron chi connectivity index (χ0n) is 75.1. The van der Waals surface area contributed by atoms with Gasteiger partial charge in [0.05, 0.1) is 67.5 Å². The van der Waals surface area contributed by atoms with Gasteiger partial charge < -0.3 is 43.6 Å². The van der Waals surface area contributed by atoms with Gasteiger partial charge in [-0.05, 0) is 196 Å². The maximum Gasteiger partial charge on any atom is 0.277 e. The Balaban J connectivity index is 0.000000179. The van der Waals surface area contributed by atoms with E-state index in [1.807, 2.05) is 54.6 Å². The van der Waals surface area contributed by atoms with Gasteiger partial charge in [0.25, 0.3) is 43.2 Å². The predicted octanol–water partition coefficient (Wildman–Crippen LogP) is 17.9. The van der Waals surface area contributed by atoms with Gasteiger partial charge in [-0.3, -0.25) is 49.5 Å². The summed E-state index contributed by atoms with van der Waals surface area (Å²) in [4.78, 5) is 84.8. The number of carbonyl (C=O) groups excluding carboxylic acids is 2. The molecule has 0 radical (unpaired) electrons. The molecule has 5 aromatic heterocycles. The summed E-state index contributed by atoms with van der Waals surface area (Å²) in [6.07, 6.45) is 19.7. The Morgan fingerprint density at radius 3 is 1.47 bits per heavy atom. The highest BCUT2D eigenvalue weighted by Gasteiger charge is 2.40. The van der Waals surface area contributed by atoms with Crippen LogP contribution in [0.5, 0.6) is 34.5 Å². The Bertz CT molecular complexity index is 6550. The molecule has 6 aromatic carbocycles. The second-order valence-electron chi connectivity index (χ2n) is 38.1. The molecule has 0 spiro atoms. The van der Waals surface area contributed by atoms with E-state index in [0.717, 1.165) is 167 Å². The molecule has 0 unspecified atom stereocenters. The van der Waals surface area contributed by atoms with Crippen molar-refractivity contribution in [2.75, 3.05) is 115 Å². The number of hydrogen-bond acceptors (Lipinski definition) is 23. The SMILES string of the molecule is CC1(C)CCC(c2ccc(Cl)cc2)=C(CN2CCN(c3ccc(C(=O)NS(=O)(=O)c4cc5c(c([N+](=O)[O-])c4)C[C@@H](Cc4ccccn4)CO5)c(Oc4cnc5[nH]ccc5c4)c3)CC2)C1.C[C@@H]1CN(C[C@@H]2COc3cc(S(=O)(=O)NC(=O)c4ccc(N5CCN(CC6=C(c7ccc(Cl)cc7)CCC(C)(C)C6)CC5)cc4Oc4cnc5[nH]ccc5c4)cc([N+](=O)[O-])c3C2)CCN1C1CCC1. The van der Waals surface area contributed by atoms with Crippen LogP contribution in [-0.2, 0) is 39.3 Å². The highest BCUT2D eigenvalue weighted by atomic mass is 35.5. The summed E-state index contributed by atoms with van der Waals surface area (Å²) in [5.74, 6) is -0.869. The number of anilines is 2. The van der Waals surface area contributed by atoms with Crippen LogP contribution < -0.4 is 38.2 Å². The summed E-state index contributed by atoms with van der Waals surface area (Å²) >= 11 is 12.5. The molecule has 10 heterocycles. The van der Waals surface area contributed by atoms with Gasteiger partial charge in [-0.2, -0.15) is 0 Å². The van der Waals surface area contributed by atoms with Crippen LogP contribution in [-0.4, -0.2) is 200 Å². The number of nitro benzene ring substituents is 2. The van der Waals surface area contributed by atoms with E-state index < -0.39 is 57.2 Å². The molecular formula is C100H109Cl2N15O14S2. The first-order chi connectivity index (χ1) is 63.9. The number of carbonyl (C=O) groups is 2. The van der Waals surface area contributed by atoms with Crippen molar-refractivity contribution in [1.29, 1.82) is 0 Å². The van der Waals surface area contributed by atoms with Crippen LogP contribution in [0, 0.1) is 42.9 Å². The number of pyridine rings is 3. The lowest BCUT2D eigenvalue weighted by atomic mass is 9.72. The molecule has 4 fully saturated rings. The number of aromatic amines is 2. The fraction of sp³-hybridized carbons (Fsp3) is 0.390. The Morgan fingerprint density at radius 2 is 1.02 bits per heavy atom. The summed E-state index contributed by atoms with van der Waals surface area (Å²) in [7, 11) is -9.28. The number of sulfonamides is 2. The summed E-state index contributed by atoms with van der Waals surface area (Å²) in [5, 5.41) is 27.9. The first-order valence-electron chi connectivity index (χ1n) is 45.7. The number of halogens is 2. The number of nitrogens with zero attached hydrogens (tertiary/aromatic N) is 11. The molecule has 29 nitrogen and oxygen atoms in total. The lowest BCUT2D eigenvalue weighted by Crippen LogP contribution is -2.57. The van der Waals surface area contributed by atoms with E-state index in [2.05, 4.69) is 123 Å². The zero-order valence-corrected chi connectivity index (χ0v) is 78.3. The molecule has 8 aliphatic rings. The molecule has 4 N–H and O–H groups in total. The number of allylic oxidation sites excluding steroid dienone is 2. The van der Waals surface area contributed by atoms with E-state index >= 15 is 0 Å². The smallest absolute Gasteiger partial charge is 0.277 e. The summed E-state index contributed by atoms with van der Waals surface area (Å²) in [6.45, 7) is 23.6. The quantitative estimate of drug-likeness (QED) is 0.0305. The van der Waals surface area contributed by atoms with Crippen LogP contribution in [0.3, 0.4) is 0 Å². The van der Waals surface area contributed by atoms with Crippen LogP contribution in [0.4, 0.5) is 22.7 Å². The van der Waals surface area contributed by atoms with Crippen LogP contribution in [0.25, 0.3) is 33.2 Å². The topological polar surface area (TPSA) is 339 Å². The number of rotatable bonds is 25. The second-order valence-corrected chi connectivity index (χ2v) is 42.3. The number of ether oxygens (including phenoxy) is 4. The third kappa shape index (κ3) is 21.2. The van der Waals surface area contributed by atoms with Crippen molar-refractivity contribution >= 4 is 111 Å². The first-order valence-corrected chi connectivity index (χ1v) is 49.4. The Hall–Kier alpha value is -11.8. The minimum atomic E-state index is -4.64. The predicted molar refractivity (Wildman–Crippen MR) is 514 cm³/mol. The molecule has 694 valence electrons. The summed E-state index contributed by atoms with van der Waals surface area (Å²) < 4.78 is 85.0. The molecule has 33 heteroatoms. The first kappa shape index (κ1) is 91.7. The fourth-order valence-electron chi connectivity index (χ4n) is 20.2. The minimum Gasteiger partial charge on any atom is -0.493 e. The van der Waals surface area contributed by atoms with Gasteiger partial charge in [-0.15, -0.1) is 0 Å². The highest BCUT2D eigenvalue weighted by Crippen LogP contribution is 2.47. The molecular weight excluding hydrogens is 1770 g/mol. The molecule has 3 saturated heterocycles. The van der Waals surface area contributed by atoms with Crippen molar-refractivity contribution in [3.63, 3.8) is 0 Å². The van der Waals surface area contributed by atoms with Gasteiger partial charge in [0, 0.05) is 208 Å². The third-order valence-corrected chi connectivity index (χ3v) is 30.5. The van der Waals surface area contributed by atoms with Gasteiger partial charge in [-0.1, -0.05) is 98.8 Å². The van der Waals surface area contributed by atoms with E-state index in [1.54, 1.807) is 61.1 Å². The van der Waals surface area contributed by atoms with Crippen LogP contribution in [0.15, 0.2) is 204 Å². The standard InChI is InChI=1S/C52H61ClN8O7S.C48H48ClN7O7S/c1-34-30-58(19-22-60(34)40-5-4-6-40)31-35-23-46-47(61(63)64)26-43(27-48(46)67-33-35)69(65,66)56-51(62)45-12-11-41(25-49(45)68-42-24-37-14-16-54-50(37)55-29-42)59-20-17-57(18-21-59)32-38-28-52(2,3)15-13-44(38)36-7-9-39(53)10-8-36;1-48(2)14-12-40(32-6-8-35(49)9-7-32)34(27-48)29-54-17-19-55(20-18-54)37-10-11-41(45(24-37)63-38-23-33-13-16-51-46(33)52-28-38)47(57)53-64(60,61)39-25-43(56(58)59)42-22-31(30-62-44(42)26-39)21-36-5-3-4-15-50-36/h7-12,14,16,24-27,29,34-35,40H,4-6,13,15,17-23,28,30-33H2,1-3H3,(H,54,55)(H,56,62);3-11,13,15-16,23-26,28,31H,12,14,17-22,27,29-30H2,1-2H3,(H,51,52)(H,53,57)/t34-,35-;31-/m11/s1. The molecule has 2 amide bonds. The van der Waals surface area contributed by atoms with Gasteiger partial charge in [0.1, 0.15) is 45.8 Å². The number of nitro groups is 2. The molecule has 3 atom stereocenters. The lowest BCUT2D eigenvalue weighted by molar-refractivity contribution is -0.386. The number of piperazine rings is 3. The van der Waals surface area contributed by atoms with E-state index in [-0.39, 0.29) is 69.1 Å². The molecule has 19 rings (SSSR count). The maximum absolute atomic E-state index is 14.2. The van der Waals surface area contributed by atoms with Crippen molar-refractivity contribution in [3.8, 4) is 34.5 Å². The van der Waals surface area contributed by atoms with Crippen LogP contribution in [0.1, 0.15) is 141 Å². The molecule has 0 bridgehead atoms. The normalized spacial score (nSPS) is 19.8. The van der Waals surface area contributed by atoms with Gasteiger partial charge in [-0.25, -0.2) is 36.2 Å².